The molecule has 0 spiro atoms. The molecule has 0 radical (unpaired) electrons. The van der Waals surface area contributed by atoms with E-state index in [0.29, 0.717) is 23.2 Å². The predicted molar refractivity (Wildman–Crippen MR) is 200 cm³/mol. The number of amides is 2. The number of esters is 1. The van der Waals surface area contributed by atoms with E-state index in [9.17, 15) is 33.0 Å². The number of nitrogens with one attached hydrogen (secondary N) is 3. The average molecular weight is 751 g/mol. The predicted octanol–water partition coefficient (Wildman–Crippen LogP) is 3.82. The number of aliphatic hydroxyl groups excluding tert-OH is 2. The summed E-state index contributed by atoms with van der Waals surface area (Å²) in [6, 6.07) is 15.9. The third kappa shape index (κ3) is 11.2. The van der Waals surface area contributed by atoms with E-state index in [2.05, 4.69) is 20.6 Å². The van der Waals surface area contributed by atoms with E-state index in [1.807, 2.05) is 12.1 Å². The van der Waals surface area contributed by atoms with Crippen LogP contribution >= 0.6 is 0 Å². The Bertz CT molecular complexity index is 1730. The summed E-state index contributed by atoms with van der Waals surface area (Å²) in [5.41, 5.74) is 1.89. The lowest BCUT2D eigenvalue weighted by atomic mass is 9.82. The van der Waals surface area contributed by atoms with Gasteiger partial charge < -0.3 is 30.6 Å². The molecule has 12 nitrogen and oxygen atoms in total. The van der Waals surface area contributed by atoms with Crippen LogP contribution in [0.5, 0.6) is 0 Å². The second-order valence-corrected chi connectivity index (χ2v) is 17.8. The van der Waals surface area contributed by atoms with Crippen LogP contribution in [0.4, 0.5) is 0 Å². The van der Waals surface area contributed by atoms with Crippen molar-refractivity contribution in [1.29, 1.82) is 0 Å². The number of aliphatic hydroxyl groups is 2. The number of H-pyrrole nitrogens is 1. The van der Waals surface area contributed by atoms with Gasteiger partial charge in [0.25, 0.3) is 0 Å². The van der Waals surface area contributed by atoms with E-state index in [0.717, 1.165) is 44.9 Å². The summed E-state index contributed by atoms with van der Waals surface area (Å²) in [7, 11) is -4.31. The summed E-state index contributed by atoms with van der Waals surface area (Å²) in [6.45, 7) is 2.44. The molecule has 2 amide bonds. The first-order chi connectivity index (χ1) is 25.3. The summed E-state index contributed by atoms with van der Waals surface area (Å²) < 4.78 is 31.4. The van der Waals surface area contributed by atoms with Crippen molar-refractivity contribution in [2.24, 2.45) is 17.8 Å². The van der Waals surface area contributed by atoms with Crippen LogP contribution in [0.15, 0.2) is 73.2 Å². The Morgan fingerprint density at radius 3 is 2.13 bits per heavy atom. The van der Waals surface area contributed by atoms with Gasteiger partial charge in [0.2, 0.25) is 11.8 Å². The third-order valence-corrected chi connectivity index (χ3v) is 13.3. The Morgan fingerprint density at radius 1 is 0.887 bits per heavy atom. The lowest BCUT2D eigenvalue weighted by Crippen LogP contribution is -2.57. The van der Waals surface area contributed by atoms with E-state index in [4.69, 9.17) is 4.74 Å². The second kappa shape index (κ2) is 18.3. The maximum absolute atomic E-state index is 14.2. The molecule has 288 valence electrons. The van der Waals surface area contributed by atoms with Gasteiger partial charge in [-0.25, -0.2) is 13.4 Å². The summed E-state index contributed by atoms with van der Waals surface area (Å²) >= 11 is 0. The number of aromatic nitrogens is 2. The van der Waals surface area contributed by atoms with Crippen molar-refractivity contribution >= 4 is 27.6 Å². The zero-order valence-corrected chi connectivity index (χ0v) is 31.5. The zero-order valence-electron chi connectivity index (χ0n) is 30.7. The first kappa shape index (κ1) is 40.1. The molecule has 1 aromatic heterocycles. The van der Waals surface area contributed by atoms with Crippen molar-refractivity contribution in [3.05, 3.63) is 90.0 Å². The number of hydrogen-bond donors (Lipinski definition) is 5. The van der Waals surface area contributed by atoms with Gasteiger partial charge in [-0.05, 0) is 62.5 Å². The van der Waals surface area contributed by atoms with Crippen molar-refractivity contribution < 1.29 is 37.8 Å². The molecule has 5 atom stereocenters. The summed E-state index contributed by atoms with van der Waals surface area (Å²) in [5.74, 6) is -3.81. The standard InChI is InChI=1S/C40H54N4O8S/c1-40(2,39(49)52-24-29-16-10-5-11-17-29)53(50,51)25-31(20-27-12-6-3-7-13-27)37(47)44-34(22-32-23-41-26-42-32)38(48)43-33(21-28-14-8-4-9-15-28)36(46)35(45)30-18-19-30/h3,5-7,10-13,16-17,23,26,28,30-31,33-36,45-46H,4,8-9,14-15,18-22,24-25H2,1-2H3,(H,41,42)(H,43,48)(H,44,47)/t31-,33+,34+,35+,36-/m1/s1. The Labute approximate surface area is 312 Å². The molecule has 3 aromatic rings. The van der Waals surface area contributed by atoms with E-state index in [1.165, 1.54) is 20.2 Å². The smallest absolute Gasteiger partial charge is 0.327 e. The highest BCUT2D eigenvalue weighted by molar-refractivity contribution is 7.93. The number of nitrogens with zero attached hydrogens (tertiary/aromatic N) is 1. The molecule has 0 unspecified atom stereocenters. The summed E-state index contributed by atoms with van der Waals surface area (Å²) in [4.78, 5) is 48.7. The minimum Gasteiger partial charge on any atom is -0.460 e. The molecular formula is C40H54N4O8S. The van der Waals surface area contributed by atoms with Gasteiger partial charge in [0.05, 0.1) is 35.8 Å². The van der Waals surface area contributed by atoms with Gasteiger partial charge in [-0.1, -0.05) is 92.8 Å². The SMILES string of the molecule is CC(C)(C(=O)OCc1ccccc1)S(=O)(=O)C[C@@H](Cc1ccccc1)C(=O)N[C@@H](Cc1c[nH]cn1)C(=O)N[C@@H](CC1CCCCC1)[C@@H](O)[C@@H](O)C1CC1. The first-order valence-corrected chi connectivity index (χ1v) is 20.4. The third-order valence-electron chi connectivity index (χ3n) is 10.7. The van der Waals surface area contributed by atoms with Crippen LogP contribution in [0.3, 0.4) is 0 Å². The highest BCUT2D eigenvalue weighted by Crippen LogP contribution is 2.36. The van der Waals surface area contributed by atoms with E-state index in [-0.39, 0.29) is 31.3 Å². The number of carbonyl (C=O) groups is 3. The monoisotopic (exact) mass is 750 g/mol. The summed E-state index contributed by atoms with van der Waals surface area (Å²) in [5, 5.41) is 28.0. The molecule has 2 aliphatic carbocycles. The number of sulfone groups is 1. The Balaban J connectivity index is 1.36. The lowest BCUT2D eigenvalue weighted by molar-refractivity contribution is -0.147. The minimum absolute atomic E-state index is 0.0133. The van der Waals surface area contributed by atoms with Gasteiger partial charge >= 0.3 is 5.97 Å². The number of carbonyl (C=O) groups excluding carboxylic acids is 3. The van der Waals surface area contributed by atoms with E-state index < -0.39 is 68.3 Å². The highest BCUT2D eigenvalue weighted by Gasteiger charge is 2.46. The average Bonchev–Trinajstić information content (AvgIpc) is 3.88. The van der Waals surface area contributed by atoms with Crippen LogP contribution in [-0.4, -0.2) is 81.2 Å². The number of ether oxygens (including phenoxy) is 1. The van der Waals surface area contributed by atoms with Crippen LogP contribution in [0.25, 0.3) is 0 Å². The highest BCUT2D eigenvalue weighted by atomic mass is 32.2. The Kier molecular flexibility index (Phi) is 13.9. The molecule has 0 bridgehead atoms. The number of aromatic amines is 1. The van der Waals surface area contributed by atoms with Gasteiger partial charge in [-0.2, -0.15) is 0 Å². The normalized spacial score (nSPS) is 18.3. The fourth-order valence-electron chi connectivity index (χ4n) is 7.04. The second-order valence-electron chi connectivity index (χ2n) is 15.2. The Hall–Kier alpha value is -4.07. The molecule has 0 saturated heterocycles. The number of rotatable bonds is 19. The van der Waals surface area contributed by atoms with Gasteiger partial charge in [0.15, 0.2) is 14.6 Å². The van der Waals surface area contributed by atoms with Crippen molar-refractivity contribution in [2.45, 2.75) is 114 Å². The topological polar surface area (TPSA) is 188 Å². The lowest BCUT2D eigenvalue weighted by Gasteiger charge is -2.33. The quantitative estimate of drug-likeness (QED) is 0.114. The van der Waals surface area contributed by atoms with Crippen molar-refractivity contribution in [3.8, 4) is 0 Å². The molecule has 2 aliphatic rings. The van der Waals surface area contributed by atoms with Crippen LogP contribution in [0.2, 0.25) is 0 Å². The van der Waals surface area contributed by atoms with Gasteiger partial charge in [0.1, 0.15) is 18.8 Å². The summed E-state index contributed by atoms with van der Waals surface area (Å²) in [6.07, 6.45) is 8.24. The molecular weight excluding hydrogens is 697 g/mol. The van der Waals surface area contributed by atoms with Crippen molar-refractivity contribution in [1.82, 2.24) is 20.6 Å². The maximum Gasteiger partial charge on any atom is 0.327 e. The van der Waals surface area contributed by atoms with Crippen LogP contribution in [0, 0.1) is 17.8 Å². The Morgan fingerprint density at radius 2 is 1.53 bits per heavy atom. The molecule has 5 N–H and O–H groups in total. The molecule has 53 heavy (non-hydrogen) atoms. The van der Waals surface area contributed by atoms with Gasteiger partial charge in [-0.3, -0.25) is 14.4 Å². The molecule has 2 aromatic carbocycles. The van der Waals surface area contributed by atoms with E-state index in [1.54, 1.807) is 54.7 Å². The largest absolute Gasteiger partial charge is 0.460 e. The molecule has 2 saturated carbocycles. The van der Waals surface area contributed by atoms with Gasteiger partial charge in [-0.15, -0.1) is 0 Å². The molecule has 13 heteroatoms. The maximum atomic E-state index is 14.2. The van der Waals surface area contributed by atoms with Crippen LogP contribution in [0.1, 0.15) is 82.0 Å². The zero-order chi connectivity index (χ0) is 38.0. The fraction of sp³-hybridized carbons (Fsp3) is 0.550. The first-order valence-electron chi connectivity index (χ1n) is 18.8. The number of benzene rings is 2. The molecule has 2 fully saturated rings. The van der Waals surface area contributed by atoms with Crippen molar-refractivity contribution in [3.63, 3.8) is 0 Å². The molecule has 5 rings (SSSR count). The fourth-order valence-corrected chi connectivity index (χ4v) is 8.57. The number of imidazole rings is 1. The van der Waals surface area contributed by atoms with Crippen LogP contribution in [-0.2, 0) is 48.4 Å². The minimum atomic E-state index is -4.31. The molecule has 1 heterocycles. The molecule has 0 aliphatic heterocycles. The van der Waals surface area contributed by atoms with Gasteiger partial charge in [0, 0.05) is 12.6 Å². The van der Waals surface area contributed by atoms with Crippen LogP contribution < -0.4 is 10.6 Å². The van der Waals surface area contributed by atoms with Crippen molar-refractivity contribution in [2.75, 3.05) is 5.75 Å². The number of hydrogen-bond acceptors (Lipinski definition) is 9. The van der Waals surface area contributed by atoms with E-state index >= 15 is 0 Å².